The third-order valence-corrected chi connectivity index (χ3v) is 3.48. The molecule has 2 N–H and O–H groups in total. The van der Waals surface area contributed by atoms with E-state index in [9.17, 15) is 0 Å². The summed E-state index contributed by atoms with van der Waals surface area (Å²) in [5.41, 5.74) is 6.74. The summed E-state index contributed by atoms with van der Waals surface area (Å²) in [4.78, 5) is 10.4. The van der Waals surface area contributed by atoms with Crippen LogP contribution in [0.1, 0.15) is 18.9 Å². The standard InChI is InChI=1S/C11H20N4S/c1-8(5-6-16-4)15(3)11-9(2)10(12)13-7-14-11/h7-8H,5-6H2,1-4H3,(H2,12,13,14). The first-order valence-electron chi connectivity index (χ1n) is 5.36. The van der Waals surface area contributed by atoms with Crippen LogP contribution in [0.2, 0.25) is 0 Å². The molecule has 5 heteroatoms. The van der Waals surface area contributed by atoms with Crippen molar-refractivity contribution in [3.05, 3.63) is 11.9 Å². The van der Waals surface area contributed by atoms with Gasteiger partial charge in [0.2, 0.25) is 0 Å². The topological polar surface area (TPSA) is 55.0 Å². The SMILES string of the molecule is CSCCC(C)N(C)c1ncnc(N)c1C. The molecule has 0 aromatic carbocycles. The number of nitrogens with zero attached hydrogens (tertiary/aromatic N) is 3. The Hall–Kier alpha value is -0.970. The summed E-state index contributed by atoms with van der Waals surface area (Å²) in [5, 5.41) is 0. The number of thioether (sulfide) groups is 1. The molecule has 0 radical (unpaired) electrons. The number of hydrogen-bond donors (Lipinski definition) is 1. The summed E-state index contributed by atoms with van der Waals surface area (Å²) < 4.78 is 0. The van der Waals surface area contributed by atoms with Gasteiger partial charge in [-0.3, -0.25) is 0 Å². The van der Waals surface area contributed by atoms with E-state index in [4.69, 9.17) is 5.73 Å². The first-order chi connectivity index (χ1) is 7.57. The second-order valence-electron chi connectivity index (χ2n) is 3.95. The van der Waals surface area contributed by atoms with Crippen LogP contribution >= 0.6 is 11.8 Å². The van der Waals surface area contributed by atoms with Crippen molar-refractivity contribution in [1.29, 1.82) is 0 Å². The monoisotopic (exact) mass is 240 g/mol. The van der Waals surface area contributed by atoms with Crippen molar-refractivity contribution in [3.63, 3.8) is 0 Å². The summed E-state index contributed by atoms with van der Waals surface area (Å²) in [6, 6.07) is 0.459. The molecule has 4 nitrogen and oxygen atoms in total. The van der Waals surface area contributed by atoms with Gasteiger partial charge in [0.05, 0.1) is 0 Å². The Morgan fingerprint density at radius 2 is 2.19 bits per heavy atom. The highest BCUT2D eigenvalue weighted by Gasteiger charge is 2.14. The number of rotatable bonds is 5. The molecule has 0 saturated heterocycles. The zero-order chi connectivity index (χ0) is 12.1. The highest BCUT2D eigenvalue weighted by molar-refractivity contribution is 7.98. The van der Waals surface area contributed by atoms with E-state index in [0.29, 0.717) is 11.9 Å². The molecular formula is C11H20N4S. The second-order valence-corrected chi connectivity index (χ2v) is 4.93. The number of hydrogen-bond acceptors (Lipinski definition) is 5. The van der Waals surface area contributed by atoms with Crippen molar-refractivity contribution >= 4 is 23.4 Å². The average molecular weight is 240 g/mol. The molecule has 0 aliphatic rings. The number of anilines is 2. The van der Waals surface area contributed by atoms with Gasteiger partial charge < -0.3 is 10.6 Å². The molecule has 0 fully saturated rings. The molecule has 1 atom stereocenters. The zero-order valence-corrected chi connectivity index (χ0v) is 11.2. The molecule has 1 unspecified atom stereocenters. The summed E-state index contributed by atoms with van der Waals surface area (Å²) in [6.45, 7) is 4.16. The number of aromatic nitrogens is 2. The van der Waals surface area contributed by atoms with E-state index < -0.39 is 0 Å². The van der Waals surface area contributed by atoms with Crippen LogP contribution < -0.4 is 10.6 Å². The molecule has 0 saturated carbocycles. The predicted molar refractivity (Wildman–Crippen MR) is 72.0 cm³/mol. The fourth-order valence-corrected chi connectivity index (χ4v) is 2.08. The largest absolute Gasteiger partial charge is 0.383 e. The van der Waals surface area contributed by atoms with E-state index in [1.807, 2.05) is 18.7 Å². The summed E-state index contributed by atoms with van der Waals surface area (Å²) in [6.07, 6.45) is 4.79. The van der Waals surface area contributed by atoms with Crippen molar-refractivity contribution < 1.29 is 0 Å². The molecule has 0 spiro atoms. The Morgan fingerprint density at radius 1 is 1.50 bits per heavy atom. The Kier molecular flexibility index (Phi) is 4.86. The quantitative estimate of drug-likeness (QED) is 0.852. The molecule has 16 heavy (non-hydrogen) atoms. The van der Waals surface area contributed by atoms with E-state index in [0.717, 1.165) is 23.6 Å². The van der Waals surface area contributed by atoms with Crippen molar-refractivity contribution in [2.75, 3.05) is 29.7 Å². The maximum Gasteiger partial charge on any atom is 0.136 e. The third kappa shape index (κ3) is 3.01. The number of nitrogen functional groups attached to an aromatic ring is 1. The maximum atomic E-state index is 5.78. The van der Waals surface area contributed by atoms with E-state index in [1.54, 1.807) is 0 Å². The smallest absolute Gasteiger partial charge is 0.136 e. The van der Waals surface area contributed by atoms with Crippen LogP contribution in [-0.4, -0.2) is 35.1 Å². The van der Waals surface area contributed by atoms with Gasteiger partial charge in [-0.1, -0.05) is 0 Å². The summed E-state index contributed by atoms with van der Waals surface area (Å²) >= 11 is 1.87. The molecule has 1 heterocycles. The Bertz CT molecular complexity index is 343. The minimum atomic E-state index is 0.459. The minimum Gasteiger partial charge on any atom is -0.383 e. The predicted octanol–water partition coefficient (Wildman–Crippen LogP) is 1.95. The molecule has 0 aliphatic heterocycles. The second kappa shape index (κ2) is 5.94. The van der Waals surface area contributed by atoms with E-state index in [1.165, 1.54) is 6.33 Å². The Balaban J connectivity index is 2.79. The van der Waals surface area contributed by atoms with Gasteiger partial charge in [-0.05, 0) is 32.3 Å². The minimum absolute atomic E-state index is 0.459. The lowest BCUT2D eigenvalue weighted by Crippen LogP contribution is -2.31. The summed E-state index contributed by atoms with van der Waals surface area (Å²) in [5.74, 6) is 2.65. The van der Waals surface area contributed by atoms with E-state index in [-0.39, 0.29) is 0 Å². The molecule has 1 rings (SSSR count). The van der Waals surface area contributed by atoms with Gasteiger partial charge in [-0.25, -0.2) is 9.97 Å². The fourth-order valence-electron chi connectivity index (χ4n) is 1.50. The lowest BCUT2D eigenvalue weighted by Gasteiger charge is -2.27. The van der Waals surface area contributed by atoms with E-state index in [2.05, 4.69) is 35.1 Å². The van der Waals surface area contributed by atoms with Crippen LogP contribution in [0.3, 0.4) is 0 Å². The fraction of sp³-hybridized carbons (Fsp3) is 0.636. The highest BCUT2D eigenvalue weighted by atomic mass is 32.2. The van der Waals surface area contributed by atoms with E-state index >= 15 is 0 Å². The average Bonchev–Trinajstić information content (AvgIpc) is 2.28. The molecule has 1 aromatic heterocycles. The van der Waals surface area contributed by atoms with Crippen LogP contribution in [0.15, 0.2) is 6.33 Å². The van der Waals surface area contributed by atoms with Crippen LogP contribution in [0.25, 0.3) is 0 Å². The maximum absolute atomic E-state index is 5.78. The molecule has 1 aromatic rings. The van der Waals surface area contributed by atoms with Gasteiger partial charge >= 0.3 is 0 Å². The van der Waals surface area contributed by atoms with Crippen LogP contribution in [-0.2, 0) is 0 Å². The Morgan fingerprint density at radius 3 is 2.81 bits per heavy atom. The van der Waals surface area contributed by atoms with Crippen molar-refractivity contribution in [3.8, 4) is 0 Å². The zero-order valence-electron chi connectivity index (χ0n) is 10.4. The van der Waals surface area contributed by atoms with Gasteiger partial charge in [-0.15, -0.1) is 0 Å². The summed E-state index contributed by atoms with van der Waals surface area (Å²) in [7, 11) is 2.06. The molecule has 0 bridgehead atoms. The van der Waals surface area contributed by atoms with Crippen LogP contribution in [0, 0.1) is 6.92 Å². The Labute approximate surface area is 102 Å². The molecule has 0 amide bonds. The van der Waals surface area contributed by atoms with Crippen molar-refractivity contribution in [2.24, 2.45) is 0 Å². The van der Waals surface area contributed by atoms with Gasteiger partial charge in [0, 0.05) is 18.7 Å². The normalized spacial score (nSPS) is 12.5. The lowest BCUT2D eigenvalue weighted by atomic mass is 10.2. The molecular weight excluding hydrogens is 220 g/mol. The first-order valence-corrected chi connectivity index (χ1v) is 6.76. The van der Waals surface area contributed by atoms with Gasteiger partial charge in [-0.2, -0.15) is 11.8 Å². The molecule has 90 valence electrons. The van der Waals surface area contributed by atoms with Gasteiger partial charge in [0.25, 0.3) is 0 Å². The number of nitrogens with two attached hydrogens (primary N) is 1. The van der Waals surface area contributed by atoms with Crippen molar-refractivity contribution in [1.82, 2.24) is 9.97 Å². The third-order valence-electron chi connectivity index (χ3n) is 2.83. The van der Waals surface area contributed by atoms with Crippen LogP contribution in [0.4, 0.5) is 11.6 Å². The molecule has 0 aliphatic carbocycles. The van der Waals surface area contributed by atoms with Gasteiger partial charge in [0.15, 0.2) is 0 Å². The van der Waals surface area contributed by atoms with Crippen molar-refractivity contribution in [2.45, 2.75) is 26.3 Å². The van der Waals surface area contributed by atoms with Crippen LogP contribution in [0.5, 0.6) is 0 Å². The first kappa shape index (κ1) is 13.1. The highest BCUT2D eigenvalue weighted by Crippen LogP contribution is 2.21. The lowest BCUT2D eigenvalue weighted by molar-refractivity contribution is 0.659. The van der Waals surface area contributed by atoms with Gasteiger partial charge in [0.1, 0.15) is 18.0 Å².